The lowest BCUT2D eigenvalue weighted by molar-refractivity contribution is 0.0879. The zero-order valence-corrected chi connectivity index (χ0v) is 14.4. The van der Waals surface area contributed by atoms with Gasteiger partial charge in [0.25, 0.3) is 23.3 Å². The highest BCUT2D eigenvalue weighted by atomic mass is 16.2. The number of nitrogens with zero attached hydrogens (tertiary/aromatic N) is 1. The summed E-state index contributed by atoms with van der Waals surface area (Å²) in [6, 6.07) is 16.2. The van der Waals surface area contributed by atoms with Crippen molar-refractivity contribution in [1.82, 2.24) is 9.88 Å². The van der Waals surface area contributed by atoms with E-state index < -0.39 is 17.4 Å². The number of carbonyl (C=O) groups excluding carboxylic acids is 3. The summed E-state index contributed by atoms with van der Waals surface area (Å²) < 4.78 is 1.12. The zero-order valence-electron chi connectivity index (χ0n) is 14.4. The Labute approximate surface area is 158 Å². The van der Waals surface area contributed by atoms with Gasteiger partial charge in [0, 0.05) is 17.3 Å². The molecule has 2 heterocycles. The molecule has 3 amide bonds. The zero-order chi connectivity index (χ0) is 19.8. The van der Waals surface area contributed by atoms with E-state index in [0.29, 0.717) is 16.9 Å². The van der Waals surface area contributed by atoms with Gasteiger partial charge in [0.05, 0.1) is 16.8 Å². The Kier molecular flexibility index (Phi) is 4.00. The number of imide groups is 1. The topological polar surface area (TPSA) is 123 Å². The highest BCUT2D eigenvalue weighted by molar-refractivity contribution is 6.23. The molecule has 3 aromatic rings. The Morgan fingerprint density at radius 3 is 2.43 bits per heavy atom. The fourth-order valence-corrected chi connectivity index (χ4v) is 3.06. The third kappa shape index (κ3) is 2.82. The second kappa shape index (κ2) is 6.51. The predicted molar refractivity (Wildman–Crippen MR) is 103 cm³/mol. The van der Waals surface area contributed by atoms with Crippen molar-refractivity contribution in [2.75, 3.05) is 11.1 Å². The van der Waals surface area contributed by atoms with Crippen LogP contribution in [0.4, 0.5) is 11.5 Å². The van der Waals surface area contributed by atoms with E-state index >= 15 is 0 Å². The number of nitrogen functional groups attached to an aromatic ring is 1. The van der Waals surface area contributed by atoms with Gasteiger partial charge in [-0.3, -0.25) is 29.1 Å². The third-order valence-corrected chi connectivity index (χ3v) is 4.35. The minimum Gasteiger partial charge on any atom is -0.384 e. The number of benzene rings is 2. The molecule has 0 aliphatic carbocycles. The maximum absolute atomic E-state index is 12.5. The van der Waals surface area contributed by atoms with Crippen LogP contribution in [-0.4, -0.2) is 22.3 Å². The van der Waals surface area contributed by atoms with Crippen LogP contribution in [0.2, 0.25) is 0 Å². The molecule has 8 heteroatoms. The molecule has 0 fully saturated rings. The summed E-state index contributed by atoms with van der Waals surface area (Å²) >= 11 is 0. The van der Waals surface area contributed by atoms with Gasteiger partial charge in [0.15, 0.2) is 0 Å². The highest BCUT2D eigenvalue weighted by Crippen LogP contribution is 2.24. The minimum absolute atomic E-state index is 0.0386. The molecule has 0 radical (unpaired) electrons. The lowest BCUT2D eigenvalue weighted by atomic mass is 10.1. The normalized spacial score (nSPS) is 12.4. The molecule has 1 aromatic heterocycles. The average Bonchev–Trinajstić information content (AvgIpc) is 2.96. The molecular formula is C20H14N4O4. The first-order chi connectivity index (χ1) is 13.5. The summed E-state index contributed by atoms with van der Waals surface area (Å²) in [7, 11) is 0. The molecule has 1 aliphatic rings. The van der Waals surface area contributed by atoms with Crippen molar-refractivity contribution in [3.05, 3.63) is 87.7 Å². The number of aromatic nitrogens is 1. The Balaban J connectivity index is 1.74. The summed E-state index contributed by atoms with van der Waals surface area (Å²) in [5.41, 5.74) is 6.66. The largest absolute Gasteiger partial charge is 0.384 e. The van der Waals surface area contributed by atoms with E-state index in [-0.39, 0.29) is 22.9 Å². The highest BCUT2D eigenvalue weighted by Gasteiger charge is 2.31. The van der Waals surface area contributed by atoms with Crippen LogP contribution in [0.3, 0.4) is 0 Å². The van der Waals surface area contributed by atoms with Crippen molar-refractivity contribution in [3.63, 3.8) is 0 Å². The Bertz CT molecular complexity index is 1200. The van der Waals surface area contributed by atoms with Crippen LogP contribution in [0.25, 0.3) is 5.69 Å². The number of rotatable bonds is 3. The van der Waals surface area contributed by atoms with Gasteiger partial charge in [-0.25, -0.2) is 0 Å². The second-order valence-corrected chi connectivity index (χ2v) is 6.15. The summed E-state index contributed by atoms with van der Waals surface area (Å²) in [4.78, 5) is 48.6. The minimum atomic E-state index is -0.653. The van der Waals surface area contributed by atoms with Crippen molar-refractivity contribution < 1.29 is 14.4 Å². The van der Waals surface area contributed by atoms with Crippen LogP contribution < -0.4 is 21.9 Å². The molecule has 0 atom stereocenters. The van der Waals surface area contributed by atoms with Gasteiger partial charge in [-0.15, -0.1) is 0 Å². The molecular weight excluding hydrogens is 360 g/mol. The lowest BCUT2D eigenvalue weighted by Gasteiger charge is -2.13. The van der Waals surface area contributed by atoms with Crippen molar-refractivity contribution in [2.24, 2.45) is 0 Å². The number of nitrogens with two attached hydrogens (primary N) is 1. The van der Waals surface area contributed by atoms with E-state index in [1.54, 1.807) is 54.6 Å². The van der Waals surface area contributed by atoms with Gasteiger partial charge < -0.3 is 11.1 Å². The molecule has 2 aromatic carbocycles. The van der Waals surface area contributed by atoms with Crippen molar-refractivity contribution in [2.45, 2.75) is 0 Å². The quantitative estimate of drug-likeness (QED) is 0.600. The smallest absolute Gasteiger partial charge is 0.262 e. The van der Waals surface area contributed by atoms with Gasteiger partial charge in [0.1, 0.15) is 5.82 Å². The fraction of sp³-hybridized carbons (Fsp3) is 0. The molecule has 0 unspecified atom stereocenters. The first-order valence-electron chi connectivity index (χ1n) is 8.34. The number of nitrogens with one attached hydrogen (secondary N) is 2. The van der Waals surface area contributed by atoms with Crippen molar-refractivity contribution >= 4 is 29.2 Å². The third-order valence-electron chi connectivity index (χ3n) is 4.35. The van der Waals surface area contributed by atoms with Gasteiger partial charge in [0.2, 0.25) is 0 Å². The monoisotopic (exact) mass is 374 g/mol. The first-order valence-corrected chi connectivity index (χ1v) is 8.34. The van der Waals surface area contributed by atoms with Crippen LogP contribution in [0.5, 0.6) is 0 Å². The molecule has 4 N–H and O–H groups in total. The number of pyridine rings is 1. The maximum atomic E-state index is 12.5. The summed E-state index contributed by atoms with van der Waals surface area (Å²) in [6.45, 7) is 0. The molecule has 0 bridgehead atoms. The molecule has 0 saturated carbocycles. The second-order valence-electron chi connectivity index (χ2n) is 6.15. The number of hydrogen-bond acceptors (Lipinski definition) is 5. The number of anilines is 2. The van der Waals surface area contributed by atoms with Gasteiger partial charge in [-0.05, 0) is 30.3 Å². The number of hydrogen-bond donors (Lipinski definition) is 3. The average molecular weight is 374 g/mol. The molecule has 1 aliphatic heterocycles. The number of amides is 3. The van der Waals surface area contributed by atoms with Gasteiger partial charge in [-0.1, -0.05) is 24.3 Å². The predicted octanol–water partition coefficient (Wildman–Crippen LogP) is 1.56. The fourth-order valence-electron chi connectivity index (χ4n) is 3.06. The summed E-state index contributed by atoms with van der Waals surface area (Å²) in [6.07, 6.45) is 0. The summed E-state index contributed by atoms with van der Waals surface area (Å²) in [5, 5.41) is 4.86. The van der Waals surface area contributed by atoms with Crippen LogP contribution in [0.15, 0.2) is 65.5 Å². The maximum Gasteiger partial charge on any atom is 0.262 e. The van der Waals surface area contributed by atoms with Crippen LogP contribution >= 0.6 is 0 Å². The van der Waals surface area contributed by atoms with E-state index in [9.17, 15) is 19.2 Å². The van der Waals surface area contributed by atoms with Crippen molar-refractivity contribution in [1.29, 1.82) is 0 Å². The Morgan fingerprint density at radius 2 is 1.68 bits per heavy atom. The lowest BCUT2D eigenvalue weighted by Crippen LogP contribution is -2.24. The molecule has 0 spiro atoms. The van der Waals surface area contributed by atoms with Crippen LogP contribution in [0, 0.1) is 0 Å². The van der Waals surface area contributed by atoms with E-state index in [2.05, 4.69) is 10.6 Å². The van der Waals surface area contributed by atoms with E-state index in [0.717, 1.165) is 10.6 Å². The van der Waals surface area contributed by atoms with Gasteiger partial charge >= 0.3 is 0 Å². The van der Waals surface area contributed by atoms with E-state index in [4.69, 9.17) is 5.73 Å². The molecule has 28 heavy (non-hydrogen) atoms. The van der Waals surface area contributed by atoms with Crippen molar-refractivity contribution in [3.8, 4) is 5.69 Å². The molecule has 4 rings (SSSR count). The molecule has 0 saturated heterocycles. The van der Waals surface area contributed by atoms with Crippen LogP contribution in [-0.2, 0) is 0 Å². The molecule has 138 valence electrons. The first kappa shape index (κ1) is 17.2. The Morgan fingerprint density at radius 1 is 0.929 bits per heavy atom. The molecule has 8 nitrogen and oxygen atoms in total. The number of carbonyl (C=O) groups is 3. The Hall–Kier alpha value is -4.20. The van der Waals surface area contributed by atoms with Gasteiger partial charge in [-0.2, -0.15) is 0 Å². The van der Waals surface area contributed by atoms with E-state index in [1.165, 1.54) is 0 Å². The number of fused-ring (bicyclic) bond motifs is 1. The SMILES string of the molecule is Nc1c2c(cc(=O)n1-c1cccc(NC(=O)c3ccccc3)c1)C(=O)NC2=O. The standard InChI is InChI=1S/C20H14N4O4/c21-17-16-14(19(27)23-20(16)28)10-15(25)24(17)13-8-4-7-12(9-13)22-18(26)11-5-2-1-3-6-11/h1-10H,21H2,(H,22,26)(H,23,27,28). The van der Waals surface area contributed by atoms with E-state index in [1.807, 2.05) is 0 Å². The summed E-state index contributed by atoms with van der Waals surface area (Å²) in [5.74, 6) is -1.76. The van der Waals surface area contributed by atoms with Crippen LogP contribution in [0.1, 0.15) is 31.1 Å².